The highest BCUT2D eigenvalue weighted by Gasteiger charge is 2.09. The predicted octanol–water partition coefficient (Wildman–Crippen LogP) is 3.35. The summed E-state index contributed by atoms with van der Waals surface area (Å²) in [5, 5.41) is 3.00. The predicted molar refractivity (Wildman–Crippen MR) is 96.9 cm³/mol. The van der Waals surface area contributed by atoms with Crippen LogP contribution < -0.4 is 5.32 Å². The van der Waals surface area contributed by atoms with Gasteiger partial charge < -0.3 is 9.88 Å². The SMILES string of the molecule is CCn1c(CCCNC(=O)Cc2ccccc2)nc2ccccc21. The fourth-order valence-corrected chi connectivity index (χ4v) is 2.99. The molecule has 0 radical (unpaired) electrons. The molecule has 1 N–H and O–H groups in total. The number of carbonyl (C=O) groups is 1. The zero-order valence-electron chi connectivity index (χ0n) is 14.0. The number of aryl methyl sites for hydroxylation is 2. The van der Waals surface area contributed by atoms with Crippen LogP contribution in [-0.4, -0.2) is 22.0 Å². The molecule has 0 spiro atoms. The number of aromatic nitrogens is 2. The molecule has 124 valence electrons. The Morgan fingerprint density at radius 3 is 2.62 bits per heavy atom. The number of para-hydroxylation sites is 2. The van der Waals surface area contributed by atoms with Gasteiger partial charge in [0.05, 0.1) is 17.5 Å². The lowest BCUT2D eigenvalue weighted by molar-refractivity contribution is -0.120. The first kappa shape index (κ1) is 16.2. The maximum absolute atomic E-state index is 12.0. The smallest absolute Gasteiger partial charge is 0.224 e. The lowest BCUT2D eigenvalue weighted by Crippen LogP contribution is -2.26. The summed E-state index contributed by atoms with van der Waals surface area (Å²) in [4.78, 5) is 16.7. The molecule has 0 atom stereocenters. The second-order valence-corrected chi connectivity index (χ2v) is 5.88. The molecule has 4 heteroatoms. The van der Waals surface area contributed by atoms with Gasteiger partial charge in [-0.3, -0.25) is 4.79 Å². The Hall–Kier alpha value is -2.62. The third-order valence-corrected chi connectivity index (χ3v) is 4.16. The second kappa shape index (κ2) is 7.77. The third-order valence-electron chi connectivity index (χ3n) is 4.16. The number of amides is 1. The average Bonchev–Trinajstić information content (AvgIpc) is 2.97. The van der Waals surface area contributed by atoms with Gasteiger partial charge in [-0.1, -0.05) is 42.5 Å². The van der Waals surface area contributed by atoms with Crippen molar-refractivity contribution in [1.29, 1.82) is 0 Å². The summed E-state index contributed by atoms with van der Waals surface area (Å²) in [6, 6.07) is 18.0. The quantitative estimate of drug-likeness (QED) is 0.678. The minimum Gasteiger partial charge on any atom is -0.356 e. The molecule has 3 rings (SSSR count). The molecule has 0 unspecified atom stereocenters. The zero-order valence-corrected chi connectivity index (χ0v) is 14.0. The molecular formula is C20H23N3O. The van der Waals surface area contributed by atoms with Crippen molar-refractivity contribution in [2.45, 2.75) is 32.7 Å². The number of rotatable bonds is 7. The summed E-state index contributed by atoms with van der Waals surface area (Å²) in [7, 11) is 0. The number of fused-ring (bicyclic) bond motifs is 1. The van der Waals surface area contributed by atoms with E-state index in [0.717, 1.165) is 36.3 Å². The largest absolute Gasteiger partial charge is 0.356 e. The van der Waals surface area contributed by atoms with Crippen molar-refractivity contribution < 1.29 is 4.79 Å². The Morgan fingerprint density at radius 1 is 1.08 bits per heavy atom. The molecule has 0 bridgehead atoms. The summed E-state index contributed by atoms with van der Waals surface area (Å²) in [5.74, 6) is 1.17. The van der Waals surface area contributed by atoms with Crippen LogP contribution in [0.25, 0.3) is 11.0 Å². The summed E-state index contributed by atoms with van der Waals surface area (Å²) < 4.78 is 2.25. The number of nitrogens with one attached hydrogen (secondary N) is 1. The number of hydrogen-bond acceptors (Lipinski definition) is 2. The van der Waals surface area contributed by atoms with Gasteiger partial charge in [-0.05, 0) is 31.0 Å². The second-order valence-electron chi connectivity index (χ2n) is 5.88. The minimum atomic E-state index is 0.0743. The van der Waals surface area contributed by atoms with E-state index >= 15 is 0 Å². The van der Waals surface area contributed by atoms with E-state index in [-0.39, 0.29) is 5.91 Å². The molecule has 0 aliphatic rings. The van der Waals surface area contributed by atoms with Crippen LogP contribution in [0.15, 0.2) is 54.6 Å². The minimum absolute atomic E-state index is 0.0743. The molecule has 4 nitrogen and oxygen atoms in total. The Morgan fingerprint density at radius 2 is 1.83 bits per heavy atom. The van der Waals surface area contributed by atoms with Crippen LogP contribution in [0.4, 0.5) is 0 Å². The first-order valence-corrected chi connectivity index (χ1v) is 8.52. The Kier molecular flexibility index (Phi) is 5.26. The monoisotopic (exact) mass is 321 g/mol. The van der Waals surface area contributed by atoms with Gasteiger partial charge in [-0.2, -0.15) is 0 Å². The molecular weight excluding hydrogens is 298 g/mol. The molecule has 0 aliphatic carbocycles. The lowest BCUT2D eigenvalue weighted by atomic mass is 10.1. The molecule has 0 aliphatic heterocycles. The van der Waals surface area contributed by atoms with E-state index in [2.05, 4.69) is 22.9 Å². The summed E-state index contributed by atoms with van der Waals surface area (Å²) in [6.45, 7) is 3.73. The normalized spacial score (nSPS) is 10.9. The first-order valence-electron chi connectivity index (χ1n) is 8.52. The topological polar surface area (TPSA) is 46.9 Å². The first-order chi connectivity index (χ1) is 11.8. The van der Waals surface area contributed by atoms with Crippen LogP contribution in [0.2, 0.25) is 0 Å². The summed E-state index contributed by atoms with van der Waals surface area (Å²) >= 11 is 0. The fourth-order valence-electron chi connectivity index (χ4n) is 2.99. The lowest BCUT2D eigenvalue weighted by Gasteiger charge is -2.07. The van der Waals surface area contributed by atoms with E-state index in [1.807, 2.05) is 48.5 Å². The number of imidazole rings is 1. The van der Waals surface area contributed by atoms with Crippen LogP contribution in [0, 0.1) is 0 Å². The van der Waals surface area contributed by atoms with Crippen molar-refractivity contribution in [2.24, 2.45) is 0 Å². The number of carbonyl (C=O) groups excluding carboxylic acids is 1. The molecule has 1 amide bonds. The summed E-state index contributed by atoms with van der Waals surface area (Å²) in [5.41, 5.74) is 3.27. The molecule has 0 saturated heterocycles. The van der Waals surface area contributed by atoms with Crippen molar-refractivity contribution >= 4 is 16.9 Å². The molecule has 3 aromatic rings. The van der Waals surface area contributed by atoms with Crippen molar-refractivity contribution in [3.05, 3.63) is 66.0 Å². The average molecular weight is 321 g/mol. The van der Waals surface area contributed by atoms with Crippen LogP contribution >= 0.6 is 0 Å². The molecule has 0 saturated carbocycles. The maximum atomic E-state index is 12.0. The van der Waals surface area contributed by atoms with Gasteiger partial charge in [0.25, 0.3) is 0 Å². The van der Waals surface area contributed by atoms with Crippen LogP contribution in [0.3, 0.4) is 0 Å². The Balaban J connectivity index is 1.51. The van der Waals surface area contributed by atoms with E-state index in [9.17, 15) is 4.79 Å². The molecule has 1 heterocycles. The standard InChI is InChI=1S/C20H23N3O/c1-2-23-18-12-7-6-11-17(18)22-19(23)13-8-14-21-20(24)15-16-9-4-3-5-10-16/h3-7,9-12H,2,8,13-15H2,1H3,(H,21,24). The van der Waals surface area contributed by atoms with Gasteiger partial charge in [0, 0.05) is 19.5 Å². The van der Waals surface area contributed by atoms with Crippen molar-refractivity contribution in [3.63, 3.8) is 0 Å². The Labute approximate surface area is 142 Å². The molecule has 24 heavy (non-hydrogen) atoms. The maximum Gasteiger partial charge on any atom is 0.224 e. The van der Waals surface area contributed by atoms with Gasteiger partial charge in [-0.25, -0.2) is 4.98 Å². The third kappa shape index (κ3) is 3.82. The van der Waals surface area contributed by atoms with E-state index in [0.29, 0.717) is 13.0 Å². The fraction of sp³-hybridized carbons (Fsp3) is 0.300. The van der Waals surface area contributed by atoms with Gasteiger partial charge in [0.15, 0.2) is 0 Å². The highest BCUT2D eigenvalue weighted by Crippen LogP contribution is 2.16. The van der Waals surface area contributed by atoms with E-state index < -0.39 is 0 Å². The van der Waals surface area contributed by atoms with Crippen molar-refractivity contribution in [1.82, 2.24) is 14.9 Å². The van der Waals surface area contributed by atoms with Gasteiger partial charge in [-0.15, -0.1) is 0 Å². The van der Waals surface area contributed by atoms with Crippen molar-refractivity contribution in [2.75, 3.05) is 6.54 Å². The van der Waals surface area contributed by atoms with Crippen molar-refractivity contribution in [3.8, 4) is 0 Å². The molecule has 1 aromatic heterocycles. The molecule has 0 fully saturated rings. The zero-order chi connectivity index (χ0) is 16.8. The van der Waals surface area contributed by atoms with Crippen LogP contribution in [-0.2, 0) is 24.2 Å². The highest BCUT2D eigenvalue weighted by atomic mass is 16.1. The van der Waals surface area contributed by atoms with Crippen LogP contribution in [0.1, 0.15) is 24.7 Å². The van der Waals surface area contributed by atoms with Gasteiger partial charge >= 0.3 is 0 Å². The molecule has 2 aromatic carbocycles. The Bertz CT molecular complexity index is 808. The summed E-state index contributed by atoms with van der Waals surface area (Å²) in [6.07, 6.45) is 2.20. The van der Waals surface area contributed by atoms with E-state index in [1.54, 1.807) is 0 Å². The van der Waals surface area contributed by atoms with Gasteiger partial charge in [0.1, 0.15) is 5.82 Å². The van der Waals surface area contributed by atoms with Crippen LogP contribution in [0.5, 0.6) is 0 Å². The number of hydrogen-bond donors (Lipinski definition) is 1. The number of benzene rings is 2. The van der Waals surface area contributed by atoms with E-state index in [1.165, 1.54) is 5.52 Å². The number of nitrogens with zero attached hydrogens (tertiary/aromatic N) is 2. The van der Waals surface area contributed by atoms with E-state index in [4.69, 9.17) is 4.98 Å². The van der Waals surface area contributed by atoms with Gasteiger partial charge in [0.2, 0.25) is 5.91 Å². The highest BCUT2D eigenvalue weighted by molar-refractivity contribution is 5.78.